The lowest BCUT2D eigenvalue weighted by molar-refractivity contribution is -0.119. The molecule has 0 bridgehead atoms. The average Bonchev–Trinajstić information content (AvgIpc) is 2.58. The van der Waals surface area contributed by atoms with Gasteiger partial charge in [-0.1, -0.05) is 23.7 Å². The normalized spacial score (nSPS) is 10.7. The Labute approximate surface area is 161 Å². The van der Waals surface area contributed by atoms with Crippen LogP contribution in [0.3, 0.4) is 0 Å². The van der Waals surface area contributed by atoms with Gasteiger partial charge < -0.3 is 10.1 Å². The van der Waals surface area contributed by atoms with Crippen LogP contribution in [0.15, 0.2) is 42.5 Å². The van der Waals surface area contributed by atoms with Crippen LogP contribution in [-0.4, -0.2) is 33.2 Å². The Balaban J connectivity index is 2.00. The molecule has 0 aromatic heterocycles. The number of amides is 1. The molecule has 140 valence electrons. The van der Waals surface area contributed by atoms with Gasteiger partial charge in [-0.25, -0.2) is 13.2 Å². The minimum absolute atomic E-state index is 0.129. The number of esters is 1. The zero-order valence-electron chi connectivity index (χ0n) is 14.2. The first-order valence-corrected chi connectivity index (χ1v) is 10.0. The highest BCUT2D eigenvalue weighted by atomic mass is 35.5. The molecule has 7 nitrogen and oxygen atoms in total. The number of hydrogen-bond donors (Lipinski definition) is 1. The molecule has 0 unspecified atom stereocenters. The number of rotatable bonds is 6. The summed E-state index contributed by atoms with van der Waals surface area (Å²) in [5, 5.41) is 11.8. The summed E-state index contributed by atoms with van der Waals surface area (Å²) in [7, 11) is -3.24. The highest BCUT2D eigenvalue weighted by Gasteiger charge is 2.14. The smallest absolute Gasteiger partial charge is 0.338 e. The summed E-state index contributed by atoms with van der Waals surface area (Å²) in [5.74, 6) is -1.62. The summed E-state index contributed by atoms with van der Waals surface area (Å²) in [4.78, 5) is 24.0. The fraction of sp³-hybridized carbons (Fsp3) is 0.167. The van der Waals surface area contributed by atoms with Crippen LogP contribution < -0.4 is 5.32 Å². The number of nitrogens with zero attached hydrogens (tertiary/aromatic N) is 1. The third kappa shape index (κ3) is 6.40. The monoisotopic (exact) mass is 406 g/mol. The SMILES string of the molecule is CS(=O)(=O)Cc1cccc(C(=O)OCC(=O)Nc2cc(Cl)ccc2C#N)c1. The lowest BCUT2D eigenvalue weighted by atomic mass is 10.1. The Hall–Kier alpha value is -2.89. The van der Waals surface area contributed by atoms with E-state index in [9.17, 15) is 18.0 Å². The summed E-state index contributed by atoms with van der Waals surface area (Å²) >= 11 is 5.84. The van der Waals surface area contributed by atoms with E-state index < -0.39 is 28.3 Å². The second kappa shape index (κ2) is 8.66. The Bertz CT molecular complexity index is 1030. The molecule has 0 aliphatic heterocycles. The molecule has 0 aliphatic carbocycles. The van der Waals surface area contributed by atoms with Crippen LogP contribution in [0.2, 0.25) is 5.02 Å². The van der Waals surface area contributed by atoms with Crippen molar-refractivity contribution in [2.24, 2.45) is 0 Å². The van der Waals surface area contributed by atoms with E-state index in [0.717, 1.165) is 6.26 Å². The van der Waals surface area contributed by atoms with Crippen LogP contribution in [0.1, 0.15) is 21.5 Å². The number of sulfone groups is 1. The van der Waals surface area contributed by atoms with Gasteiger partial charge >= 0.3 is 5.97 Å². The first-order chi connectivity index (χ1) is 12.7. The Morgan fingerprint density at radius 1 is 1.22 bits per heavy atom. The number of carbonyl (C=O) groups excluding carboxylic acids is 2. The molecule has 1 amide bonds. The molecule has 0 spiro atoms. The summed E-state index contributed by atoms with van der Waals surface area (Å²) < 4.78 is 27.6. The van der Waals surface area contributed by atoms with E-state index in [1.807, 2.05) is 6.07 Å². The second-order valence-electron chi connectivity index (χ2n) is 5.70. The quantitative estimate of drug-likeness (QED) is 0.737. The molecule has 0 saturated heterocycles. The Morgan fingerprint density at radius 2 is 1.96 bits per heavy atom. The molecule has 2 rings (SSSR count). The van der Waals surface area contributed by atoms with Gasteiger partial charge in [0.05, 0.1) is 22.6 Å². The lowest BCUT2D eigenvalue weighted by Gasteiger charge is -2.09. The van der Waals surface area contributed by atoms with Crippen molar-refractivity contribution in [3.63, 3.8) is 0 Å². The largest absolute Gasteiger partial charge is 0.452 e. The molecular formula is C18H15ClN2O5S. The van der Waals surface area contributed by atoms with E-state index in [1.165, 1.54) is 36.4 Å². The van der Waals surface area contributed by atoms with Gasteiger partial charge in [-0.15, -0.1) is 0 Å². The molecule has 2 aromatic rings. The Kier molecular flexibility index (Phi) is 6.55. The van der Waals surface area contributed by atoms with Crippen molar-refractivity contribution in [1.82, 2.24) is 0 Å². The molecule has 2 aromatic carbocycles. The van der Waals surface area contributed by atoms with Crippen molar-refractivity contribution in [1.29, 1.82) is 5.26 Å². The molecule has 9 heteroatoms. The van der Waals surface area contributed by atoms with E-state index >= 15 is 0 Å². The summed E-state index contributed by atoms with van der Waals surface area (Å²) in [6, 6.07) is 12.3. The molecule has 0 fully saturated rings. The maximum absolute atomic E-state index is 12.1. The minimum atomic E-state index is -3.24. The van der Waals surface area contributed by atoms with Crippen LogP contribution >= 0.6 is 11.6 Å². The fourth-order valence-corrected chi connectivity index (χ4v) is 3.17. The van der Waals surface area contributed by atoms with Crippen LogP contribution in [0.25, 0.3) is 0 Å². The van der Waals surface area contributed by atoms with E-state index in [1.54, 1.807) is 6.07 Å². The minimum Gasteiger partial charge on any atom is -0.452 e. The number of ether oxygens (including phenoxy) is 1. The van der Waals surface area contributed by atoms with Crippen molar-refractivity contribution in [3.05, 3.63) is 64.2 Å². The van der Waals surface area contributed by atoms with E-state index in [-0.39, 0.29) is 22.6 Å². The predicted molar refractivity (Wildman–Crippen MR) is 100 cm³/mol. The zero-order chi connectivity index (χ0) is 20.0. The van der Waals surface area contributed by atoms with E-state index in [2.05, 4.69) is 5.32 Å². The van der Waals surface area contributed by atoms with Crippen LogP contribution in [0, 0.1) is 11.3 Å². The van der Waals surface area contributed by atoms with Crippen LogP contribution in [-0.2, 0) is 25.1 Å². The lowest BCUT2D eigenvalue weighted by Crippen LogP contribution is -2.21. The second-order valence-corrected chi connectivity index (χ2v) is 8.27. The Morgan fingerprint density at radius 3 is 2.63 bits per heavy atom. The first kappa shape index (κ1) is 20.4. The highest BCUT2D eigenvalue weighted by molar-refractivity contribution is 7.89. The number of nitriles is 1. The van der Waals surface area contributed by atoms with Crippen molar-refractivity contribution in [2.75, 3.05) is 18.2 Å². The van der Waals surface area contributed by atoms with Gasteiger partial charge in [0.15, 0.2) is 16.4 Å². The van der Waals surface area contributed by atoms with Gasteiger partial charge in [-0.3, -0.25) is 4.79 Å². The number of hydrogen-bond acceptors (Lipinski definition) is 6. The van der Waals surface area contributed by atoms with Crippen molar-refractivity contribution >= 4 is 39.0 Å². The molecule has 0 radical (unpaired) electrons. The molecule has 0 atom stereocenters. The van der Waals surface area contributed by atoms with Crippen molar-refractivity contribution in [3.8, 4) is 6.07 Å². The maximum Gasteiger partial charge on any atom is 0.338 e. The zero-order valence-corrected chi connectivity index (χ0v) is 15.8. The fourth-order valence-electron chi connectivity index (χ4n) is 2.21. The molecule has 1 N–H and O–H groups in total. The molecular weight excluding hydrogens is 392 g/mol. The van der Waals surface area contributed by atoms with Crippen molar-refractivity contribution in [2.45, 2.75) is 5.75 Å². The topological polar surface area (TPSA) is 113 Å². The number of carbonyl (C=O) groups is 2. The molecule has 27 heavy (non-hydrogen) atoms. The van der Waals surface area contributed by atoms with E-state index in [4.69, 9.17) is 21.6 Å². The number of nitrogens with one attached hydrogen (secondary N) is 1. The predicted octanol–water partition coefficient (Wildman–Crippen LogP) is 2.55. The summed E-state index contributed by atoms with van der Waals surface area (Å²) in [6.45, 7) is -0.577. The van der Waals surface area contributed by atoms with Gasteiger partial charge in [-0.05, 0) is 35.9 Å². The number of benzene rings is 2. The van der Waals surface area contributed by atoms with Gasteiger partial charge in [0.1, 0.15) is 6.07 Å². The molecule has 0 heterocycles. The van der Waals surface area contributed by atoms with E-state index in [0.29, 0.717) is 10.6 Å². The maximum atomic E-state index is 12.1. The number of halogens is 1. The third-order valence-electron chi connectivity index (χ3n) is 3.30. The van der Waals surface area contributed by atoms with Crippen LogP contribution in [0.4, 0.5) is 5.69 Å². The third-order valence-corrected chi connectivity index (χ3v) is 4.39. The van der Waals surface area contributed by atoms with Crippen LogP contribution in [0.5, 0.6) is 0 Å². The van der Waals surface area contributed by atoms with Gasteiger partial charge in [0.2, 0.25) is 0 Å². The molecule has 0 aliphatic rings. The van der Waals surface area contributed by atoms with Crippen molar-refractivity contribution < 1.29 is 22.7 Å². The summed E-state index contributed by atoms with van der Waals surface area (Å²) in [6.07, 6.45) is 1.09. The standard InChI is InChI=1S/C18H15ClN2O5S/c1-27(24,25)11-12-3-2-4-13(7-12)18(23)26-10-17(22)21-16-8-15(19)6-5-14(16)9-20/h2-8H,10-11H2,1H3,(H,21,22). The van der Waals surface area contributed by atoms with Gasteiger partial charge in [-0.2, -0.15) is 5.26 Å². The molecule has 0 saturated carbocycles. The summed E-state index contributed by atoms with van der Waals surface area (Å²) in [5.41, 5.74) is 0.993. The average molecular weight is 407 g/mol. The highest BCUT2D eigenvalue weighted by Crippen LogP contribution is 2.20. The van der Waals surface area contributed by atoms with Gasteiger partial charge in [0.25, 0.3) is 5.91 Å². The van der Waals surface area contributed by atoms with Gasteiger partial charge in [0, 0.05) is 11.3 Å². The first-order valence-electron chi connectivity index (χ1n) is 7.61. The number of anilines is 1.